The Labute approximate surface area is 285 Å². The van der Waals surface area contributed by atoms with Crippen molar-refractivity contribution in [3.63, 3.8) is 0 Å². The lowest BCUT2D eigenvalue weighted by atomic mass is 9.81. The molecule has 7 aromatic carbocycles. The maximum absolute atomic E-state index is 3.58. The summed E-state index contributed by atoms with van der Waals surface area (Å²) in [5, 5.41) is 0. The van der Waals surface area contributed by atoms with Crippen LogP contribution < -0.4 is 4.90 Å². The van der Waals surface area contributed by atoms with Crippen molar-refractivity contribution in [2.45, 2.75) is 19.3 Å². The summed E-state index contributed by atoms with van der Waals surface area (Å²) < 4.78 is 1.09. The maximum Gasteiger partial charge on any atom is 0.0465 e. The molecule has 7 aromatic rings. The minimum Gasteiger partial charge on any atom is -0.310 e. The second-order valence-electron chi connectivity index (χ2n) is 12.8. The first kappa shape index (κ1) is 29.2. The van der Waals surface area contributed by atoms with E-state index in [0.717, 1.165) is 21.5 Å². The van der Waals surface area contributed by atoms with Gasteiger partial charge in [-0.1, -0.05) is 145 Å². The van der Waals surface area contributed by atoms with Crippen LogP contribution >= 0.6 is 15.9 Å². The number of hydrogen-bond donors (Lipinski definition) is 0. The van der Waals surface area contributed by atoms with Crippen LogP contribution in [0, 0.1) is 0 Å². The predicted octanol–water partition coefficient (Wildman–Crippen LogP) is 13.2. The third-order valence-corrected chi connectivity index (χ3v) is 10.1. The van der Waals surface area contributed by atoms with E-state index in [4.69, 9.17) is 0 Å². The highest BCUT2D eigenvalue weighted by molar-refractivity contribution is 9.10. The molecule has 1 aliphatic rings. The van der Waals surface area contributed by atoms with Gasteiger partial charge in [-0.3, -0.25) is 0 Å². The number of anilines is 3. The highest BCUT2D eigenvalue weighted by atomic mass is 79.9. The van der Waals surface area contributed by atoms with Crippen LogP contribution in [0.15, 0.2) is 174 Å². The Morgan fingerprint density at radius 2 is 0.766 bits per heavy atom. The molecule has 8 rings (SSSR count). The maximum atomic E-state index is 3.58. The number of fused-ring (bicyclic) bond motifs is 3. The third kappa shape index (κ3) is 5.39. The van der Waals surface area contributed by atoms with Crippen molar-refractivity contribution in [1.29, 1.82) is 0 Å². The normalized spacial score (nSPS) is 12.7. The van der Waals surface area contributed by atoms with Gasteiger partial charge < -0.3 is 4.90 Å². The fourth-order valence-electron chi connectivity index (χ4n) is 7.00. The summed E-state index contributed by atoms with van der Waals surface area (Å²) in [6.07, 6.45) is 0. The van der Waals surface area contributed by atoms with Gasteiger partial charge in [0.05, 0.1) is 0 Å². The van der Waals surface area contributed by atoms with Crippen LogP contribution in [0.1, 0.15) is 25.0 Å². The highest BCUT2D eigenvalue weighted by Crippen LogP contribution is 2.51. The molecule has 0 heterocycles. The molecule has 2 heteroatoms. The molecule has 0 bridgehead atoms. The number of benzene rings is 7. The van der Waals surface area contributed by atoms with Crippen LogP contribution in [0.4, 0.5) is 17.1 Å². The van der Waals surface area contributed by atoms with Gasteiger partial charge in [0.2, 0.25) is 0 Å². The van der Waals surface area contributed by atoms with E-state index in [1.54, 1.807) is 0 Å². The average molecular weight is 669 g/mol. The zero-order valence-corrected chi connectivity index (χ0v) is 28.1. The van der Waals surface area contributed by atoms with Crippen LogP contribution in [0.25, 0.3) is 44.5 Å². The number of halogens is 1. The van der Waals surface area contributed by atoms with Gasteiger partial charge in [0.25, 0.3) is 0 Å². The fourth-order valence-corrected chi connectivity index (χ4v) is 7.27. The molecule has 0 saturated carbocycles. The first-order valence-electron chi connectivity index (χ1n) is 16.1. The molecule has 1 aliphatic carbocycles. The Morgan fingerprint density at radius 3 is 1.30 bits per heavy atom. The minimum absolute atomic E-state index is 0.147. The van der Waals surface area contributed by atoms with Crippen LogP contribution in [-0.4, -0.2) is 0 Å². The van der Waals surface area contributed by atoms with Crippen molar-refractivity contribution in [1.82, 2.24) is 0 Å². The van der Waals surface area contributed by atoms with Gasteiger partial charge in [-0.15, -0.1) is 0 Å². The standard InChI is InChI=1S/C45H34BrN/c1-45(2)43-29-36(35-13-20-37(46)21-14-35)19-27-41(43)42-28-26-40(30-44(42)45)47(38-22-15-33(16-23-38)31-9-5-3-6-10-31)39-24-17-34(18-25-39)32-11-7-4-8-12-32/h3-30H,1-2H3. The second-order valence-corrected chi connectivity index (χ2v) is 13.7. The third-order valence-electron chi connectivity index (χ3n) is 9.56. The molecule has 0 unspecified atom stereocenters. The quantitative estimate of drug-likeness (QED) is 0.170. The van der Waals surface area contributed by atoms with Gasteiger partial charge in [-0.2, -0.15) is 0 Å². The van der Waals surface area contributed by atoms with Gasteiger partial charge in [0.1, 0.15) is 0 Å². The SMILES string of the molecule is CC1(C)c2cc(-c3ccc(Br)cc3)ccc2-c2ccc(N(c3ccc(-c4ccccc4)cc3)c3ccc(-c4ccccc4)cc3)cc21. The number of rotatable bonds is 6. The molecule has 0 spiro atoms. The van der Waals surface area contributed by atoms with Gasteiger partial charge >= 0.3 is 0 Å². The lowest BCUT2D eigenvalue weighted by Gasteiger charge is -2.28. The smallest absolute Gasteiger partial charge is 0.0465 e. The molecular weight excluding hydrogens is 634 g/mol. The molecule has 0 saturated heterocycles. The van der Waals surface area contributed by atoms with E-state index in [2.05, 4.69) is 205 Å². The van der Waals surface area contributed by atoms with Crippen molar-refractivity contribution >= 4 is 33.0 Å². The van der Waals surface area contributed by atoms with E-state index in [0.29, 0.717) is 0 Å². The van der Waals surface area contributed by atoms with E-state index >= 15 is 0 Å². The Hall–Kier alpha value is -5.18. The van der Waals surface area contributed by atoms with E-state index in [9.17, 15) is 0 Å². The van der Waals surface area contributed by atoms with Gasteiger partial charge in [-0.05, 0) is 110 Å². The molecule has 0 aliphatic heterocycles. The molecule has 0 fully saturated rings. The van der Waals surface area contributed by atoms with Crippen molar-refractivity contribution < 1.29 is 0 Å². The largest absolute Gasteiger partial charge is 0.310 e. The second kappa shape index (κ2) is 11.9. The zero-order valence-electron chi connectivity index (χ0n) is 26.5. The van der Waals surface area contributed by atoms with E-state index in [1.165, 1.54) is 55.6 Å². The van der Waals surface area contributed by atoms with Crippen molar-refractivity contribution in [3.05, 3.63) is 185 Å². The zero-order chi connectivity index (χ0) is 32.0. The first-order valence-corrected chi connectivity index (χ1v) is 16.9. The monoisotopic (exact) mass is 667 g/mol. The summed E-state index contributed by atoms with van der Waals surface area (Å²) in [5.74, 6) is 0. The summed E-state index contributed by atoms with van der Waals surface area (Å²) in [7, 11) is 0. The van der Waals surface area contributed by atoms with Crippen LogP contribution in [0.3, 0.4) is 0 Å². The van der Waals surface area contributed by atoms with Crippen molar-refractivity contribution in [3.8, 4) is 44.5 Å². The molecule has 47 heavy (non-hydrogen) atoms. The Bertz CT molecular complexity index is 2100. The highest BCUT2D eigenvalue weighted by Gasteiger charge is 2.36. The predicted molar refractivity (Wildman–Crippen MR) is 203 cm³/mol. The number of nitrogens with zero attached hydrogens (tertiary/aromatic N) is 1. The van der Waals surface area contributed by atoms with Gasteiger partial charge in [-0.25, -0.2) is 0 Å². The molecular formula is C45H34BrN. The molecule has 1 nitrogen and oxygen atoms in total. The Kier molecular flexibility index (Phi) is 7.39. The van der Waals surface area contributed by atoms with Crippen LogP contribution in [-0.2, 0) is 5.41 Å². The summed E-state index contributed by atoms with van der Waals surface area (Å²) >= 11 is 3.58. The van der Waals surface area contributed by atoms with E-state index in [1.807, 2.05) is 0 Å². The van der Waals surface area contributed by atoms with E-state index < -0.39 is 0 Å². The molecule has 226 valence electrons. The van der Waals surface area contributed by atoms with Crippen LogP contribution in [0.5, 0.6) is 0 Å². The molecule has 0 radical (unpaired) electrons. The Morgan fingerprint density at radius 1 is 0.383 bits per heavy atom. The van der Waals surface area contributed by atoms with Gasteiger partial charge in [0.15, 0.2) is 0 Å². The Balaban J connectivity index is 1.21. The molecule has 0 atom stereocenters. The van der Waals surface area contributed by atoms with Crippen LogP contribution in [0.2, 0.25) is 0 Å². The summed E-state index contributed by atoms with van der Waals surface area (Å²) in [6, 6.07) is 61.6. The lowest BCUT2D eigenvalue weighted by molar-refractivity contribution is 0.660. The molecule has 0 aromatic heterocycles. The van der Waals surface area contributed by atoms with Gasteiger partial charge in [0, 0.05) is 26.9 Å². The fraction of sp³-hybridized carbons (Fsp3) is 0.0667. The summed E-state index contributed by atoms with van der Waals surface area (Å²) in [5.41, 5.74) is 16.0. The topological polar surface area (TPSA) is 3.24 Å². The lowest BCUT2D eigenvalue weighted by Crippen LogP contribution is -2.16. The van der Waals surface area contributed by atoms with Crippen molar-refractivity contribution in [2.75, 3.05) is 4.90 Å². The van der Waals surface area contributed by atoms with E-state index in [-0.39, 0.29) is 5.41 Å². The minimum atomic E-state index is -0.147. The van der Waals surface area contributed by atoms with Crippen molar-refractivity contribution in [2.24, 2.45) is 0 Å². The average Bonchev–Trinajstić information content (AvgIpc) is 3.35. The molecule has 0 amide bonds. The summed E-state index contributed by atoms with van der Waals surface area (Å²) in [6.45, 7) is 4.72. The molecule has 0 N–H and O–H groups in total. The number of hydrogen-bond acceptors (Lipinski definition) is 1. The first-order chi connectivity index (χ1) is 23.0. The summed E-state index contributed by atoms with van der Waals surface area (Å²) in [4.78, 5) is 2.39.